The van der Waals surface area contributed by atoms with Gasteiger partial charge >= 0.3 is 5.97 Å². The average Bonchev–Trinajstić information content (AvgIpc) is 3.10. The molecule has 0 atom stereocenters. The second-order valence-electron chi connectivity index (χ2n) is 7.74. The molecule has 4 aromatic rings. The zero-order valence-electron chi connectivity index (χ0n) is 18.7. The van der Waals surface area contributed by atoms with Gasteiger partial charge in [-0.1, -0.05) is 30.7 Å². The molecule has 33 heavy (non-hydrogen) atoms. The fraction of sp³-hybridized carbons (Fsp3) is 0.185. The molecule has 0 aliphatic heterocycles. The molecule has 0 N–H and O–H groups in total. The lowest BCUT2D eigenvalue weighted by Gasteiger charge is -2.08. The van der Waals surface area contributed by atoms with Crippen molar-refractivity contribution in [2.45, 2.75) is 26.7 Å². The molecule has 1 heterocycles. The molecule has 0 aliphatic carbocycles. The fourth-order valence-electron chi connectivity index (χ4n) is 3.90. The highest BCUT2D eigenvalue weighted by Gasteiger charge is 2.22. The number of carbonyl (C=O) groups excluding carboxylic acids is 2. The predicted octanol–water partition coefficient (Wildman–Crippen LogP) is 6.01. The molecule has 168 valence electrons. The van der Waals surface area contributed by atoms with Crippen molar-refractivity contribution in [2.24, 2.45) is 0 Å². The predicted molar refractivity (Wildman–Crippen MR) is 130 cm³/mol. The molecule has 0 saturated heterocycles. The van der Waals surface area contributed by atoms with Gasteiger partial charge in [0.15, 0.2) is 0 Å². The SMILES string of the molecule is CCc1ccc(OC(=O)Cc2c(C)n(C(=O)c3ccc(Cl)cc3)c3ccc(OC)cc23)cc1. The van der Waals surface area contributed by atoms with E-state index in [1.807, 2.05) is 31.2 Å². The van der Waals surface area contributed by atoms with Crippen molar-refractivity contribution < 1.29 is 19.1 Å². The Morgan fingerprint density at radius 3 is 2.24 bits per heavy atom. The molecule has 0 fully saturated rings. The number of nitrogens with zero attached hydrogens (tertiary/aromatic N) is 1. The molecular formula is C27H24ClNO4. The molecule has 0 aliphatic rings. The maximum Gasteiger partial charge on any atom is 0.315 e. The highest BCUT2D eigenvalue weighted by atomic mass is 35.5. The van der Waals surface area contributed by atoms with E-state index in [0.29, 0.717) is 33.3 Å². The van der Waals surface area contributed by atoms with E-state index in [1.54, 1.807) is 54.1 Å². The van der Waals surface area contributed by atoms with Crippen molar-refractivity contribution >= 4 is 34.4 Å². The van der Waals surface area contributed by atoms with E-state index in [1.165, 1.54) is 5.56 Å². The van der Waals surface area contributed by atoms with Gasteiger partial charge in [0.1, 0.15) is 11.5 Å². The maximum absolute atomic E-state index is 13.4. The van der Waals surface area contributed by atoms with Crippen molar-refractivity contribution in [1.29, 1.82) is 0 Å². The Morgan fingerprint density at radius 2 is 1.61 bits per heavy atom. The Labute approximate surface area is 197 Å². The van der Waals surface area contributed by atoms with Gasteiger partial charge in [-0.2, -0.15) is 0 Å². The van der Waals surface area contributed by atoms with Crippen molar-refractivity contribution in [3.05, 3.63) is 94.1 Å². The minimum atomic E-state index is -0.400. The number of carbonyl (C=O) groups is 2. The van der Waals surface area contributed by atoms with Crippen LogP contribution in [0.1, 0.15) is 34.1 Å². The Kier molecular flexibility index (Phi) is 6.52. The van der Waals surface area contributed by atoms with E-state index >= 15 is 0 Å². The lowest BCUT2D eigenvalue weighted by molar-refractivity contribution is -0.133. The summed E-state index contributed by atoms with van der Waals surface area (Å²) in [7, 11) is 1.58. The number of hydrogen-bond acceptors (Lipinski definition) is 4. The van der Waals surface area contributed by atoms with Crippen LogP contribution in [0.15, 0.2) is 66.7 Å². The van der Waals surface area contributed by atoms with Crippen LogP contribution in [-0.2, 0) is 17.6 Å². The monoisotopic (exact) mass is 461 g/mol. The zero-order chi connectivity index (χ0) is 23.5. The fourth-order valence-corrected chi connectivity index (χ4v) is 4.03. The molecule has 0 amide bonds. The summed E-state index contributed by atoms with van der Waals surface area (Å²) in [4.78, 5) is 26.2. The molecule has 0 unspecified atom stereocenters. The number of fused-ring (bicyclic) bond motifs is 1. The van der Waals surface area contributed by atoms with E-state index in [2.05, 4.69) is 6.92 Å². The maximum atomic E-state index is 13.4. The first-order valence-corrected chi connectivity index (χ1v) is 11.1. The summed E-state index contributed by atoms with van der Waals surface area (Å²) < 4.78 is 12.6. The van der Waals surface area contributed by atoms with Gasteiger partial charge in [0.05, 0.1) is 19.0 Å². The van der Waals surface area contributed by atoms with Crippen LogP contribution in [0.2, 0.25) is 5.02 Å². The summed E-state index contributed by atoms with van der Waals surface area (Å²) in [6, 6.07) is 19.7. The Morgan fingerprint density at radius 1 is 0.939 bits per heavy atom. The van der Waals surface area contributed by atoms with Gasteiger partial charge in [0, 0.05) is 21.7 Å². The first-order chi connectivity index (χ1) is 15.9. The third-order valence-electron chi connectivity index (χ3n) is 5.72. The third-order valence-corrected chi connectivity index (χ3v) is 5.97. The van der Waals surface area contributed by atoms with E-state index in [4.69, 9.17) is 21.1 Å². The standard InChI is InChI=1S/C27H24ClNO4/c1-4-18-5-11-21(12-6-18)33-26(30)16-23-17(2)29(25-14-13-22(32-3)15-24(23)25)27(31)19-7-9-20(28)10-8-19/h5-15H,4,16H2,1-3H3. The van der Waals surface area contributed by atoms with Gasteiger partial charge in [-0.05, 0) is 79.1 Å². The summed E-state index contributed by atoms with van der Waals surface area (Å²) in [5, 5.41) is 1.33. The molecule has 4 rings (SSSR count). The molecule has 6 heteroatoms. The number of rotatable bonds is 6. The molecule has 0 radical (unpaired) electrons. The van der Waals surface area contributed by atoms with Crippen LogP contribution in [-0.4, -0.2) is 23.6 Å². The van der Waals surface area contributed by atoms with E-state index < -0.39 is 5.97 Å². The lowest BCUT2D eigenvalue weighted by atomic mass is 10.1. The van der Waals surface area contributed by atoms with Crippen LogP contribution >= 0.6 is 11.6 Å². The smallest absolute Gasteiger partial charge is 0.315 e. The van der Waals surface area contributed by atoms with Crippen molar-refractivity contribution in [3.63, 3.8) is 0 Å². The summed E-state index contributed by atoms with van der Waals surface area (Å²) in [6.07, 6.45) is 0.933. The minimum Gasteiger partial charge on any atom is -0.497 e. The zero-order valence-corrected chi connectivity index (χ0v) is 19.5. The lowest BCUT2D eigenvalue weighted by Crippen LogP contribution is -2.15. The summed E-state index contributed by atoms with van der Waals surface area (Å²) in [5.74, 6) is 0.536. The molecule has 0 saturated carbocycles. The number of halogens is 1. The van der Waals surface area contributed by atoms with Crippen molar-refractivity contribution in [2.75, 3.05) is 7.11 Å². The van der Waals surface area contributed by atoms with Crippen molar-refractivity contribution in [1.82, 2.24) is 4.57 Å². The Balaban J connectivity index is 1.72. The van der Waals surface area contributed by atoms with Crippen LogP contribution in [0, 0.1) is 6.92 Å². The number of aromatic nitrogens is 1. The van der Waals surface area contributed by atoms with Crippen LogP contribution in [0.4, 0.5) is 0 Å². The second-order valence-corrected chi connectivity index (χ2v) is 8.18. The Bertz CT molecular complexity index is 1320. The van der Waals surface area contributed by atoms with E-state index in [9.17, 15) is 9.59 Å². The third kappa shape index (κ3) is 4.64. The van der Waals surface area contributed by atoms with E-state index in [0.717, 1.165) is 17.4 Å². The molecule has 3 aromatic carbocycles. The average molecular weight is 462 g/mol. The highest BCUT2D eigenvalue weighted by molar-refractivity contribution is 6.30. The number of aryl methyl sites for hydroxylation is 1. The van der Waals surface area contributed by atoms with Gasteiger partial charge in [-0.3, -0.25) is 14.2 Å². The van der Waals surface area contributed by atoms with Gasteiger partial charge in [-0.25, -0.2) is 0 Å². The van der Waals surface area contributed by atoms with Gasteiger partial charge in [0.2, 0.25) is 0 Å². The summed E-state index contributed by atoms with van der Waals surface area (Å²) in [6.45, 7) is 3.90. The topological polar surface area (TPSA) is 57.5 Å². The van der Waals surface area contributed by atoms with Crippen molar-refractivity contribution in [3.8, 4) is 11.5 Å². The van der Waals surface area contributed by atoms with Gasteiger partial charge < -0.3 is 9.47 Å². The number of benzene rings is 3. The quantitative estimate of drug-likeness (QED) is 0.260. The highest BCUT2D eigenvalue weighted by Crippen LogP contribution is 2.31. The van der Waals surface area contributed by atoms with Crippen LogP contribution in [0.3, 0.4) is 0 Å². The van der Waals surface area contributed by atoms with Gasteiger partial charge in [0.25, 0.3) is 5.91 Å². The molecule has 1 aromatic heterocycles. The van der Waals surface area contributed by atoms with E-state index in [-0.39, 0.29) is 12.3 Å². The van der Waals surface area contributed by atoms with Gasteiger partial charge in [-0.15, -0.1) is 0 Å². The normalized spacial score (nSPS) is 10.9. The van der Waals surface area contributed by atoms with Crippen LogP contribution in [0.5, 0.6) is 11.5 Å². The largest absolute Gasteiger partial charge is 0.497 e. The first kappa shape index (κ1) is 22.6. The summed E-state index contributed by atoms with van der Waals surface area (Å²) in [5.41, 5.74) is 3.77. The molecule has 0 spiro atoms. The molecule has 5 nitrogen and oxygen atoms in total. The minimum absolute atomic E-state index is 0.0198. The Hall–Kier alpha value is -3.57. The number of methoxy groups -OCH3 is 1. The number of ether oxygens (including phenoxy) is 2. The first-order valence-electron chi connectivity index (χ1n) is 10.7. The number of hydrogen-bond donors (Lipinski definition) is 0. The van der Waals surface area contributed by atoms with Crippen LogP contribution < -0.4 is 9.47 Å². The van der Waals surface area contributed by atoms with Crippen LogP contribution in [0.25, 0.3) is 10.9 Å². The number of esters is 1. The second kappa shape index (κ2) is 9.51. The summed E-state index contributed by atoms with van der Waals surface area (Å²) >= 11 is 5.98. The molecular weight excluding hydrogens is 438 g/mol. The molecule has 0 bridgehead atoms.